The number of aromatic nitrogens is 2. The van der Waals surface area contributed by atoms with Crippen LogP contribution in [0.3, 0.4) is 0 Å². The van der Waals surface area contributed by atoms with Gasteiger partial charge in [-0.05, 0) is 56.6 Å². The van der Waals surface area contributed by atoms with E-state index in [1.807, 2.05) is 12.1 Å². The molecule has 2 fully saturated rings. The second-order valence-electron chi connectivity index (χ2n) is 5.94. The minimum atomic E-state index is 0.508. The largest absolute Gasteiger partial charge is 0.329 e. The molecule has 2 aromatic rings. The summed E-state index contributed by atoms with van der Waals surface area (Å²) in [5.41, 5.74) is 2.13. The van der Waals surface area contributed by atoms with E-state index in [0.717, 1.165) is 26.9 Å². The fraction of sp³-hybridized carbons (Fsp3) is 0.533. The van der Waals surface area contributed by atoms with E-state index >= 15 is 0 Å². The molecule has 2 atom stereocenters. The number of halogens is 1. The Hall–Kier alpha value is -0.840. The van der Waals surface area contributed by atoms with Crippen LogP contribution in [0.1, 0.15) is 31.7 Å². The first-order valence-corrected chi connectivity index (χ1v) is 8.15. The zero-order valence-electron chi connectivity index (χ0n) is 11.3. The lowest BCUT2D eigenvalue weighted by Crippen LogP contribution is -2.38. The van der Waals surface area contributed by atoms with Crippen molar-refractivity contribution in [2.45, 2.75) is 37.8 Å². The number of nitrogens with one attached hydrogen (secondary N) is 1. The third-order valence-electron chi connectivity index (χ3n) is 4.86. The molecule has 20 heavy (non-hydrogen) atoms. The molecule has 4 rings (SSSR count). The number of nitrogens with zero attached hydrogens (tertiary/aromatic N) is 2. The number of rotatable bonds is 1. The Labute approximate surface area is 128 Å². The number of imidazole rings is 1. The SMILES string of the molecule is S=c1[nH]c2c(Cl)cccc2n1C1CCN2CCCC2C1. The van der Waals surface area contributed by atoms with Gasteiger partial charge in [0.15, 0.2) is 4.77 Å². The molecule has 0 amide bonds. The van der Waals surface area contributed by atoms with E-state index in [1.165, 1.54) is 38.8 Å². The van der Waals surface area contributed by atoms with Crippen LogP contribution in [0, 0.1) is 4.77 Å². The Balaban J connectivity index is 1.77. The Kier molecular flexibility index (Phi) is 3.13. The van der Waals surface area contributed by atoms with Gasteiger partial charge in [0.1, 0.15) is 0 Å². The van der Waals surface area contributed by atoms with Gasteiger partial charge >= 0.3 is 0 Å². The van der Waals surface area contributed by atoms with Crippen LogP contribution in [0.15, 0.2) is 18.2 Å². The molecule has 1 N–H and O–H groups in total. The quantitative estimate of drug-likeness (QED) is 0.800. The first kappa shape index (κ1) is 12.9. The first-order valence-electron chi connectivity index (χ1n) is 7.37. The highest BCUT2D eigenvalue weighted by Gasteiger charge is 2.33. The number of fused-ring (bicyclic) bond motifs is 2. The lowest BCUT2D eigenvalue weighted by Gasteiger charge is -2.35. The van der Waals surface area contributed by atoms with E-state index < -0.39 is 0 Å². The second-order valence-corrected chi connectivity index (χ2v) is 6.74. The zero-order chi connectivity index (χ0) is 13.7. The summed E-state index contributed by atoms with van der Waals surface area (Å²) in [6, 6.07) is 7.30. The Morgan fingerprint density at radius 3 is 3.00 bits per heavy atom. The van der Waals surface area contributed by atoms with Crippen molar-refractivity contribution in [3.8, 4) is 0 Å². The van der Waals surface area contributed by atoms with Crippen LogP contribution in [-0.2, 0) is 0 Å². The van der Waals surface area contributed by atoms with Gasteiger partial charge in [-0.3, -0.25) is 0 Å². The molecular weight excluding hydrogens is 290 g/mol. The standard InChI is InChI=1S/C15H18ClN3S/c16-12-4-1-5-13-14(12)17-15(20)19(13)11-6-8-18-7-2-3-10(18)9-11/h1,4-5,10-11H,2-3,6-9H2,(H,17,20). The van der Waals surface area contributed by atoms with Crippen LogP contribution in [0.5, 0.6) is 0 Å². The van der Waals surface area contributed by atoms with E-state index in [4.69, 9.17) is 23.8 Å². The van der Waals surface area contributed by atoms with Gasteiger partial charge in [0.2, 0.25) is 0 Å². The molecule has 2 unspecified atom stereocenters. The number of piperidine rings is 1. The van der Waals surface area contributed by atoms with Crippen LogP contribution in [0.4, 0.5) is 0 Å². The summed E-state index contributed by atoms with van der Waals surface area (Å²) < 4.78 is 3.11. The van der Waals surface area contributed by atoms with Gasteiger partial charge in [0.05, 0.1) is 16.1 Å². The fourth-order valence-corrected chi connectivity index (χ4v) is 4.48. The molecule has 2 aliphatic heterocycles. The molecule has 0 bridgehead atoms. The van der Waals surface area contributed by atoms with Crippen molar-refractivity contribution in [1.29, 1.82) is 0 Å². The highest BCUT2D eigenvalue weighted by molar-refractivity contribution is 7.71. The van der Waals surface area contributed by atoms with Crippen LogP contribution >= 0.6 is 23.8 Å². The number of aromatic amines is 1. The Morgan fingerprint density at radius 2 is 2.10 bits per heavy atom. The van der Waals surface area contributed by atoms with Gasteiger partial charge in [0, 0.05) is 18.6 Å². The summed E-state index contributed by atoms with van der Waals surface area (Å²) in [6.07, 6.45) is 5.09. The predicted molar refractivity (Wildman–Crippen MR) is 85.0 cm³/mol. The lowest BCUT2D eigenvalue weighted by atomic mass is 9.97. The van der Waals surface area contributed by atoms with Gasteiger partial charge in [-0.2, -0.15) is 0 Å². The summed E-state index contributed by atoms with van der Waals surface area (Å²) >= 11 is 11.8. The average Bonchev–Trinajstić information content (AvgIpc) is 3.02. The smallest absolute Gasteiger partial charge is 0.178 e. The maximum atomic E-state index is 6.27. The second kappa shape index (κ2) is 4.86. The number of hydrogen-bond acceptors (Lipinski definition) is 2. The number of H-pyrrole nitrogens is 1. The number of para-hydroxylation sites is 1. The third-order valence-corrected chi connectivity index (χ3v) is 5.47. The molecule has 0 radical (unpaired) electrons. The number of benzene rings is 1. The topological polar surface area (TPSA) is 24.0 Å². The summed E-state index contributed by atoms with van der Waals surface area (Å²) in [6.45, 7) is 2.48. The van der Waals surface area contributed by atoms with Gasteiger partial charge in [0.25, 0.3) is 0 Å². The third kappa shape index (κ3) is 1.93. The molecule has 1 aromatic carbocycles. The normalized spacial score (nSPS) is 27.1. The van der Waals surface area contributed by atoms with Crippen molar-refractivity contribution in [2.24, 2.45) is 0 Å². The Morgan fingerprint density at radius 1 is 1.20 bits per heavy atom. The maximum absolute atomic E-state index is 6.27. The molecule has 2 aliphatic rings. The zero-order valence-corrected chi connectivity index (χ0v) is 12.9. The summed E-state index contributed by atoms with van der Waals surface area (Å²) in [4.78, 5) is 5.93. The maximum Gasteiger partial charge on any atom is 0.178 e. The van der Waals surface area contributed by atoms with Gasteiger partial charge in [-0.25, -0.2) is 0 Å². The highest BCUT2D eigenvalue weighted by atomic mass is 35.5. The van der Waals surface area contributed by atoms with Crippen LogP contribution < -0.4 is 0 Å². The lowest BCUT2D eigenvalue weighted by molar-refractivity contribution is 0.156. The molecule has 3 heterocycles. The van der Waals surface area contributed by atoms with E-state index in [1.54, 1.807) is 0 Å². The fourth-order valence-electron chi connectivity index (χ4n) is 3.91. The van der Waals surface area contributed by atoms with E-state index in [2.05, 4.69) is 20.5 Å². The molecule has 3 nitrogen and oxygen atoms in total. The van der Waals surface area contributed by atoms with Gasteiger partial charge in [-0.1, -0.05) is 17.7 Å². The summed E-state index contributed by atoms with van der Waals surface area (Å²) in [5, 5.41) is 0.755. The van der Waals surface area contributed by atoms with Crippen LogP contribution in [0.2, 0.25) is 5.02 Å². The minimum Gasteiger partial charge on any atom is -0.329 e. The molecular formula is C15H18ClN3S. The summed E-state index contributed by atoms with van der Waals surface area (Å²) in [7, 11) is 0. The van der Waals surface area contributed by atoms with E-state index in [9.17, 15) is 0 Å². The first-order chi connectivity index (χ1) is 9.74. The predicted octanol–water partition coefficient (Wildman–Crippen LogP) is 4.15. The van der Waals surface area contributed by atoms with Crippen molar-refractivity contribution in [3.63, 3.8) is 0 Å². The monoisotopic (exact) mass is 307 g/mol. The Bertz CT molecular complexity index is 705. The highest BCUT2D eigenvalue weighted by Crippen LogP contribution is 2.35. The van der Waals surface area contributed by atoms with Gasteiger partial charge < -0.3 is 14.5 Å². The summed E-state index contributed by atoms with van der Waals surface area (Å²) in [5.74, 6) is 0. The molecule has 0 aliphatic carbocycles. The van der Waals surface area contributed by atoms with E-state index in [-0.39, 0.29) is 0 Å². The van der Waals surface area contributed by atoms with Crippen molar-refractivity contribution in [2.75, 3.05) is 13.1 Å². The van der Waals surface area contributed by atoms with Crippen LogP contribution in [0.25, 0.3) is 11.0 Å². The minimum absolute atomic E-state index is 0.508. The van der Waals surface area contributed by atoms with Crippen molar-refractivity contribution >= 4 is 34.9 Å². The van der Waals surface area contributed by atoms with Crippen molar-refractivity contribution in [1.82, 2.24) is 14.5 Å². The molecule has 106 valence electrons. The average molecular weight is 308 g/mol. The molecule has 2 saturated heterocycles. The van der Waals surface area contributed by atoms with Gasteiger partial charge in [-0.15, -0.1) is 0 Å². The molecule has 5 heteroatoms. The number of hydrogen-bond donors (Lipinski definition) is 1. The van der Waals surface area contributed by atoms with Crippen LogP contribution in [-0.4, -0.2) is 33.6 Å². The van der Waals surface area contributed by atoms with Crippen molar-refractivity contribution in [3.05, 3.63) is 28.0 Å². The molecule has 1 aromatic heterocycles. The molecule has 0 saturated carbocycles. The van der Waals surface area contributed by atoms with E-state index in [0.29, 0.717) is 6.04 Å². The van der Waals surface area contributed by atoms with Crippen molar-refractivity contribution < 1.29 is 0 Å². The molecule has 0 spiro atoms.